The number of carbonyl (C=O) groups excluding carboxylic acids is 1. The summed E-state index contributed by atoms with van der Waals surface area (Å²) in [6.45, 7) is 1.53. The molecule has 1 aromatic heterocycles. The Bertz CT molecular complexity index is 671. The molecule has 22 heavy (non-hydrogen) atoms. The molecule has 2 saturated heterocycles. The maximum atomic E-state index is 12.4. The van der Waals surface area contributed by atoms with E-state index in [1.807, 2.05) is 0 Å². The SMILES string of the molecule is Cn1ccc(CC(=O)N2C[C@@H]3OCCN(S(C)(=O)=O)[C@@H]3C2)n1. The molecule has 0 radical (unpaired) electrons. The van der Waals surface area contributed by atoms with Gasteiger partial charge in [-0.3, -0.25) is 9.48 Å². The van der Waals surface area contributed by atoms with E-state index in [0.717, 1.165) is 0 Å². The molecule has 3 rings (SSSR count). The minimum Gasteiger partial charge on any atom is -0.373 e. The first-order valence-electron chi connectivity index (χ1n) is 7.19. The Labute approximate surface area is 129 Å². The van der Waals surface area contributed by atoms with Gasteiger partial charge in [0.15, 0.2) is 0 Å². The third-order valence-corrected chi connectivity index (χ3v) is 5.44. The average molecular weight is 328 g/mol. The molecule has 122 valence electrons. The zero-order chi connectivity index (χ0) is 15.9. The average Bonchev–Trinajstić information content (AvgIpc) is 3.03. The molecular weight excluding hydrogens is 308 g/mol. The van der Waals surface area contributed by atoms with Crippen LogP contribution in [0.25, 0.3) is 0 Å². The number of ether oxygens (including phenoxy) is 1. The van der Waals surface area contributed by atoms with Gasteiger partial charge in [0.25, 0.3) is 0 Å². The number of carbonyl (C=O) groups is 1. The molecule has 9 heteroatoms. The van der Waals surface area contributed by atoms with E-state index in [1.54, 1.807) is 28.9 Å². The van der Waals surface area contributed by atoms with E-state index < -0.39 is 10.0 Å². The molecule has 0 unspecified atom stereocenters. The molecular formula is C13H20N4O4S. The van der Waals surface area contributed by atoms with Gasteiger partial charge in [0, 0.05) is 32.9 Å². The van der Waals surface area contributed by atoms with Crippen LogP contribution in [-0.4, -0.2) is 78.0 Å². The number of hydrogen-bond acceptors (Lipinski definition) is 5. The van der Waals surface area contributed by atoms with Crippen LogP contribution in [0.5, 0.6) is 0 Å². The van der Waals surface area contributed by atoms with Gasteiger partial charge >= 0.3 is 0 Å². The normalized spacial score (nSPS) is 26.2. The van der Waals surface area contributed by atoms with E-state index in [1.165, 1.54) is 10.6 Å². The van der Waals surface area contributed by atoms with Gasteiger partial charge in [-0.1, -0.05) is 0 Å². The van der Waals surface area contributed by atoms with Gasteiger partial charge in [-0.25, -0.2) is 8.42 Å². The highest BCUT2D eigenvalue weighted by atomic mass is 32.2. The van der Waals surface area contributed by atoms with E-state index in [9.17, 15) is 13.2 Å². The van der Waals surface area contributed by atoms with Crippen molar-refractivity contribution in [1.29, 1.82) is 0 Å². The molecule has 1 amide bonds. The fourth-order valence-electron chi connectivity index (χ4n) is 3.10. The van der Waals surface area contributed by atoms with E-state index in [4.69, 9.17) is 4.74 Å². The first-order chi connectivity index (χ1) is 10.3. The summed E-state index contributed by atoms with van der Waals surface area (Å²) in [5, 5.41) is 4.20. The summed E-state index contributed by atoms with van der Waals surface area (Å²) in [6, 6.07) is 1.52. The number of sulfonamides is 1. The maximum Gasteiger partial charge on any atom is 0.228 e. The molecule has 3 heterocycles. The Hall–Kier alpha value is -1.45. The summed E-state index contributed by atoms with van der Waals surface area (Å²) in [5.74, 6) is -0.0508. The van der Waals surface area contributed by atoms with Gasteiger partial charge in [0.2, 0.25) is 15.9 Å². The van der Waals surface area contributed by atoms with Crippen LogP contribution in [0.3, 0.4) is 0 Å². The van der Waals surface area contributed by atoms with Crippen molar-refractivity contribution in [1.82, 2.24) is 19.0 Å². The fraction of sp³-hybridized carbons (Fsp3) is 0.692. The van der Waals surface area contributed by atoms with Crippen molar-refractivity contribution in [3.63, 3.8) is 0 Å². The summed E-state index contributed by atoms with van der Waals surface area (Å²) >= 11 is 0. The molecule has 0 N–H and O–H groups in total. The number of aryl methyl sites for hydroxylation is 1. The first kappa shape index (κ1) is 15.4. The predicted molar refractivity (Wildman–Crippen MR) is 78.6 cm³/mol. The van der Waals surface area contributed by atoms with Gasteiger partial charge in [0.05, 0.1) is 37.1 Å². The Morgan fingerprint density at radius 2 is 2.23 bits per heavy atom. The lowest BCUT2D eigenvalue weighted by Gasteiger charge is -2.34. The highest BCUT2D eigenvalue weighted by molar-refractivity contribution is 7.88. The van der Waals surface area contributed by atoms with Gasteiger partial charge in [0.1, 0.15) is 0 Å². The van der Waals surface area contributed by atoms with Crippen molar-refractivity contribution >= 4 is 15.9 Å². The van der Waals surface area contributed by atoms with Gasteiger partial charge in [-0.2, -0.15) is 9.40 Å². The Morgan fingerprint density at radius 1 is 1.45 bits per heavy atom. The van der Waals surface area contributed by atoms with Crippen molar-refractivity contribution in [3.8, 4) is 0 Å². The van der Waals surface area contributed by atoms with Crippen LogP contribution in [0.1, 0.15) is 5.69 Å². The van der Waals surface area contributed by atoms with E-state index in [-0.39, 0.29) is 24.5 Å². The number of amides is 1. The first-order valence-corrected chi connectivity index (χ1v) is 9.04. The number of hydrogen-bond donors (Lipinski definition) is 0. The lowest BCUT2D eigenvalue weighted by molar-refractivity contribution is -0.130. The third kappa shape index (κ3) is 3.01. The highest BCUT2D eigenvalue weighted by Crippen LogP contribution is 2.25. The summed E-state index contributed by atoms with van der Waals surface area (Å²) in [4.78, 5) is 14.1. The monoisotopic (exact) mass is 328 g/mol. The second-order valence-corrected chi connectivity index (χ2v) is 7.74. The maximum absolute atomic E-state index is 12.4. The standard InChI is InChI=1S/C13H20N4O4S/c1-15-4-3-10(14-15)7-13(18)16-8-11-12(9-16)21-6-5-17(11)22(2,19)20/h3-4,11-12H,5-9H2,1-2H3/t11-,12+/m1/s1. The summed E-state index contributed by atoms with van der Waals surface area (Å²) in [7, 11) is -1.48. The minimum absolute atomic E-state index is 0.0508. The topological polar surface area (TPSA) is 84.7 Å². The number of nitrogens with zero attached hydrogens (tertiary/aromatic N) is 4. The van der Waals surface area contributed by atoms with Crippen LogP contribution >= 0.6 is 0 Å². The zero-order valence-corrected chi connectivity index (χ0v) is 13.5. The smallest absolute Gasteiger partial charge is 0.228 e. The van der Waals surface area contributed by atoms with Gasteiger partial charge in [-0.05, 0) is 6.07 Å². The Morgan fingerprint density at radius 3 is 2.86 bits per heavy atom. The van der Waals surface area contributed by atoms with Crippen molar-refractivity contribution in [2.75, 3.05) is 32.5 Å². The number of aromatic nitrogens is 2. The molecule has 0 spiro atoms. The lowest BCUT2D eigenvalue weighted by atomic mass is 10.2. The van der Waals surface area contributed by atoms with E-state index >= 15 is 0 Å². The number of likely N-dealkylation sites (tertiary alicyclic amines) is 1. The molecule has 2 aliphatic rings. The third-order valence-electron chi connectivity index (χ3n) is 4.13. The largest absolute Gasteiger partial charge is 0.373 e. The highest BCUT2D eigenvalue weighted by Gasteiger charge is 2.44. The molecule has 8 nitrogen and oxygen atoms in total. The van der Waals surface area contributed by atoms with Crippen molar-refractivity contribution in [3.05, 3.63) is 18.0 Å². The summed E-state index contributed by atoms with van der Waals surface area (Å²) in [5.41, 5.74) is 0.711. The molecule has 0 aromatic carbocycles. The van der Waals surface area contributed by atoms with Crippen LogP contribution in [0.4, 0.5) is 0 Å². The summed E-state index contributed by atoms with van der Waals surface area (Å²) < 4.78 is 32.5. The molecule has 0 saturated carbocycles. The quantitative estimate of drug-likeness (QED) is 0.698. The van der Waals surface area contributed by atoms with Crippen LogP contribution in [-0.2, 0) is 33.0 Å². The Balaban J connectivity index is 1.69. The van der Waals surface area contributed by atoms with Gasteiger partial charge in [-0.15, -0.1) is 0 Å². The molecule has 2 atom stereocenters. The van der Waals surface area contributed by atoms with Crippen LogP contribution in [0.2, 0.25) is 0 Å². The van der Waals surface area contributed by atoms with Crippen molar-refractivity contribution in [2.45, 2.75) is 18.6 Å². The van der Waals surface area contributed by atoms with Crippen molar-refractivity contribution < 1.29 is 17.9 Å². The van der Waals surface area contributed by atoms with Crippen LogP contribution < -0.4 is 0 Å². The number of rotatable bonds is 3. The van der Waals surface area contributed by atoms with E-state index in [2.05, 4.69) is 5.10 Å². The van der Waals surface area contributed by atoms with Gasteiger partial charge < -0.3 is 9.64 Å². The molecule has 0 bridgehead atoms. The molecule has 2 aliphatic heterocycles. The predicted octanol–water partition coefficient (Wildman–Crippen LogP) is -1.17. The lowest BCUT2D eigenvalue weighted by Crippen LogP contribution is -2.52. The molecule has 1 aromatic rings. The number of fused-ring (bicyclic) bond motifs is 1. The molecule has 2 fully saturated rings. The van der Waals surface area contributed by atoms with Crippen LogP contribution in [0.15, 0.2) is 12.3 Å². The zero-order valence-electron chi connectivity index (χ0n) is 12.7. The van der Waals surface area contributed by atoms with Crippen molar-refractivity contribution in [2.24, 2.45) is 7.05 Å². The minimum atomic E-state index is -3.29. The Kier molecular flexibility index (Phi) is 3.96. The van der Waals surface area contributed by atoms with E-state index in [0.29, 0.717) is 31.9 Å². The second kappa shape index (κ2) is 5.64. The number of morpholine rings is 1. The molecule has 0 aliphatic carbocycles. The second-order valence-electron chi connectivity index (χ2n) is 5.81. The van der Waals surface area contributed by atoms with Crippen LogP contribution in [0, 0.1) is 0 Å². The summed E-state index contributed by atoms with van der Waals surface area (Å²) in [6.07, 6.45) is 2.98. The fourth-order valence-corrected chi connectivity index (χ4v) is 4.20.